The van der Waals surface area contributed by atoms with Crippen molar-refractivity contribution in [1.82, 2.24) is 0 Å². The molecule has 0 saturated carbocycles. The number of benzene rings is 1. The quantitative estimate of drug-likeness (QED) is 0.917. The zero-order valence-corrected chi connectivity index (χ0v) is 11.2. The highest BCUT2D eigenvalue weighted by Gasteiger charge is 2.10. The van der Waals surface area contributed by atoms with Gasteiger partial charge in [0.05, 0.1) is 18.9 Å². The Bertz CT molecular complexity index is 509. The molecule has 0 aliphatic rings. The summed E-state index contributed by atoms with van der Waals surface area (Å²) < 4.78 is 5.30. The van der Waals surface area contributed by atoms with E-state index in [-0.39, 0.29) is 0 Å². The Labute approximate surface area is 112 Å². The first-order chi connectivity index (χ1) is 8.58. The van der Waals surface area contributed by atoms with Crippen molar-refractivity contribution in [2.45, 2.75) is 19.6 Å². The number of furan rings is 1. The molecule has 0 amide bonds. The third-order valence-electron chi connectivity index (χ3n) is 2.85. The third kappa shape index (κ3) is 2.86. The molecule has 1 atom stereocenters. The van der Waals surface area contributed by atoms with E-state index < -0.39 is 6.10 Å². The Morgan fingerprint density at radius 3 is 2.72 bits per heavy atom. The molecule has 0 radical (unpaired) electrons. The Morgan fingerprint density at radius 2 is 2.17 bits per heavy atom. The minimum Gasteiger partial charge on any atom is -0.467 e. The van der Waals surface area contributed by atoms with Crippen LogP contribution in [0.3, 0.4) is 0 Å². The van der Waals surface area contributed by atoms with Crippen molar-refractivity contribution >= 4 is 17.3 Å². The predicted octanol–water partition coefficient (Wildman–Crippen LogP) is 3.62. The van der Waals surface area contributed by atoms with E-state index >= 15 is 0 Å². The Kier molecular flexibility index (Phi) is 3.94. The minimum absolute atomic E-state index is 0.554. The molecule has 96 valence electrons. The van der Waals surface area contributed by atoms with Crippen molar-refractivity contribution in [2.24, 2.45) is 0 Å². The summed E-state index contributed by atoms with van der Waals surface area (Å²) in [5.41, 5.74) is 1.73. The van der Waals surface area contributed by atoms with Crippen LogP contribution in [0.4, 0.5) is 5.69 Å². The smallest absolute Gasteiger partial charge is 0.123 e. The molecule has 0 fully saturated rings. The van der Waals surface area contributed by atoms with Crippen LogP contribution in [0, 0.1) is 0 Å². The summed E-state index contributed by atoms with van der Waals surface area (Å²) in [6.07, 6.45) is 1.11. The van der Waals surface area contributed by atoms with Gasteiger partial charge in [0.25, 0.3) is 0 Å². The fourth-order valence-corrected chi connectivity index (χ4v) is 2.15. The van der Waals surface area contributed by atoms with E-state index in [4.69, 9.17) is 16.0 Å². The molecule has 1 unspecified atom stereocenters. The fraction of sp³-hybridized carbons (Fsp3) is 0.286. The van der Waals surface area contributed by atoms with Crippen molar-refractivity contribution < 1.29 is 9.52 Å². The molecule has 1 aromatic heterocycles. The van der Waals surface area contributed by atoms with Crippen molar-refractivity contribution in [3.8, 4) is 0 Å². The van der Waals surface area contributed by atoms with Gasteiger partial charge in [-0.1, -0.05) is 17.7 Å². The maximum atomic E-state index is 9.53. The van der Waals surface area contributed by atoms with Gasteiger partial charge in [-0.15, -0.1) is 0 Å². The Morgan fingerprint density at radius 1 is 1.39 bits per heavy atom. The molecule has 2 aromatic rings. The first-order valence-corrected chi connectivity index (χ1v) is 6.16. The van der Waals surface area contributed by atoms with Crippen LogP contribution in [0.1, 0.15) is 24.4 Å². The molecule has 1 aromatic carbocycles. The summed E-state index contributed by atoms with van der Waals surface area (Å²) in [4.78, 5) is 2.04. The fourth-order valence-electron chi connectivity index (χ4n) is 1.82. The van der Waals surface area contributed by atoms with Gasteiger partial charge >= 0.3 is 0 Å². The second kappa shape index (κ2) is 5.46. The molecular formula is C14H16ClNO2. The summed E-state index contributed by atoms with van der Waals surface area (Å²) in [7, 11) is 1.97. The van der Waals surface area contributed by atoms with Crippen LogP contribution >= 0.6 is 11.6 Å². The molecule has 0 bridgehead atoms. The highest BCUT2D eigenvalue weighted by atomic mass is 35.5. The molecule has 1 N–H and O–H groups in total. The number of rotatable bonds is 4. The zero-order chi connectivity index (χ0) is 13.1. The van der Waals surface area contributed by atoms with Crippen LogP contribution < -0.4 is 4.90 Å². The van der Waals surface area contributed by atoms with Crippen molar-refractivity contribution in [2.75, 3.05) is 11.9 Å². The third-order valence-corrected chi connectivity index (χ3v) is 3.18. The van der Waals surface area contributed by atoms with E-state index in [1.165, 1.54) is 0 Å². The van der Waals surface area contributed by atoms with Crippen molar-refractivity contribution in [3.63, 3.8) is 0 Å². The van der Waals surface area contributed by atoms with Gasteiger partial charge in [0.2, 0.25) is 0 Å². The molecule has 1 heterocycles. The van der Waals surface area contributed by atoms with E-state index in [1.54, 1.807) is 13.2 Å². The Balaban J connectivity index is 2.16. The molecule has 3 nitrogen and oxygen atoms in total. The SMILES string of the molecule is CC(O)c1ccc(N(C)Cc2ccco2)cc1Cl. The van der Waals surface area contributed by atoms with Gasteiger partial charge in [-0.2, -0.15) is 0 Å². The van der Waals surface area contributed by atoms with Gasteiger partial charge in [-0.3, -0.25) is 0 Å². The van der Waals surface area contributed by atoms with E-state index in [0.717, 1.165) is 17.0 Å². The first-order valence-electron chi connectivity index (χ1n) is 5.79. The topological polar surface area (TPSA) is 36.6 Å². The van der Waals surface area contributed by atoms with E-state index in [0.29, 0.717) is 11.6 Å². The maximum Gasteiger partial charge on any atom is 0.123 e. The summed E-state index contributed by atoms with van der Waals surface area (Å²) in [5.74, 6) is 0.897. The zero-order valence-electron chi connectivity index (χ0n) is 10.4. The lowest BCUT2D eigenvalue weighted by atomic mass is 10.1. The number of nitrogens with zero attached hydrogens (tertiary/aromatic N) is 1. The van der Waals surface area contributed by atoms with Crippen LogP contribution in [0.2, 0.25) is 5.02 Å². The number of aliphatic hydroxyl groups excluding tert-OH is 1. The number of hydrogen-bond donors (Lipinski definition) is 1. The lowest BCUT2D eigenvalue weighted by Crippen LogP contribution is -2.16. The number of halogens is 1. The summed E-state index contributed by atoms with van der Waals surface area (Å²) >= 11 is 6.14. The van der Waals surface area contributed by atoms with Gasteiger partial charge in [0.15, 0.2) is 0 Å². The summed E-state index contributed by atoms with van der Waals surface area (Å²) in [5, 5.41) is 10.1. The normalized spacial score (nSPS) is 12.4. The van der Waals surface area contributed by atoms with Crippen LogP contribution in [0.25, 0.3) is 0 Å². The highest BCUT2D eigenvalue weighted by Crippen LogP contribution is 2.28. The lowest BCUT2D eigenvalue weighted by molar-refractivity contribution is 0.199. The number of anilines is 1. The lowest BCUT2D eigenvalue weighted by Gasteiger charge is -2.19. The van der Waals surface area contributed by atoms with Crippen LogP contribution in [0.5, 0.6) is 0 Å². The minimum atomic E-state index is -0.554. The van der Waals surface area contributed by atoms with E-state index in [1.807, 2.05) is 42.3 Å². The van der Waals surface area contributed by atoms with Gasteiger partial charge in [-0.05, 0) is 36.8 Å². The van der Waals surface area contributed by atoms with Gasteiger partial charge < -0.3 is 14.4 Å². The molecule has 0 saturated heterocycles. The molecule has 4 heteroatoms. The van der Waals surface area contributed by atoms with Gasteiger partial charge in [-0.25, -0.2) is 0 Å². The molecular weight excluding hydrogens is 250 g/mol. The number of aliphatic hydroxyl groups is 1. The Hall–Kier alpha value is -1.45. The average Bonchev–Trinajstić information content (AvgIpc) is 2.81. The number of hydrogen-bond acceptors (Lipinski definition) is 3. The summed E-state index contributed by atoms with van der Waals surface area (Å²) in [6, 6.07) is 9.44. The van der Waals surface area contributed by atoms with E-state index in [9.17, 15) is 5.11 Å². The summed E-state index contributed by atoms with van der Waals surface area (Å²) in [6.45, 7) is 2.38. The van der Waals surface area contributed by atoms with Crippen molar-refractivity contribution in [1.29, 1.82) is 0 Å². The largest absolute Gasteiger partial charge is 0.467 e. The maximum absolute atomic E-state index is 9.53. The predicted molar refractivity (Wildman–Crippen MR) is 72.9 cm³/mol. The second-order valence-electron chi connectivity index (χ2n) is 4.32. The molecule has 0 aliphatic carbocycles. The molecule has 2 rings (SSSR count). The first kappa shape index (κ1) is 13.0. The standard InChI is InChI=1S/C14H16ClNO2/c1-10(17)13-6-5-11(8-14(13)15)16(2)9-12-4-3-7-18-12/h3-8,10,17H,9H2,1-2H3. The van der Waals surface area contributed by atoms with Crippen LogP contribution in [-0.4, -0.2) is 12.2 Å². The average molecular weight is 266 g/mol. The van der Waals surface area contributed by atoms with Crippen molar-refractivity contribution in [3.05, 3.63) is 52.9 Å². The van der Waals surface area contributed by atoms with E-state index in [2.05, 4.69) is 0 Å². The van der Waals surface area contributed by atoms with Gasteiger partial charge in [0.1, 0.15) is 5.76 Å². The van der Waals surface area contributed by atoms with Crippen LogP contribution in [0.15, 0.2) is 41.0 Å². The molecule has 0 aliphatic heterocycles. The van der Waals surface area contributed by atoms with Crippen LogP contribution in [-0.2, 0) is 6.54 Å². The highest BCUT2D eigenvalue weighted by molar-refractivity contribution is 6.31. The second-order valence-corrected chi connectivity index (χ2v) is 4.72. The molecule has 0 spiro atoms. The monoisotopic (exact) mass is 265 g/mol. The molecule has 18 heavy (non-hydrogen) atoms. The van der Waals surface area contributed by atoms with Gasteiger partial charge in [0, 0.05) is 17.8 Å².